The molecule has 1 heterocycles. The van der Waals surface area contributed by atoms with Gasteiger partial charge in [0.1, 0.15) is 0 Å². The van der Waals surface area contributed by atoms with Crippen molar-refractivity contribution in [3.8, 4) is 0 Å². The second-order valence-corrected chi connectivity index (χ2v) is 16.1. The van der Waals surface area contributed by atoms with E-state index in [-0.39, 0.29) is 0 Å². The number of hydrogen-bond donors (Lipinski definition) is 0. The van der Waals surface area contributed by atoms with Crippen LogP contribution < -0.4 is 0 Å². The molecular weight excluding hydrogens is 551 g/mol. The van der Waals surface area contributed by atoms with E-state index in [1.54, 1.807) is 4.60 Å². The Hall–Kier alpha value is 1.10. The standard InChI is InChI=1S/C25H55ClN3O5P3/c1-6-11-16-21-30-28-35(32-23-18-13-8-3)27-37(26,34-25-20-15-10-5)29(31-22-17-12-7-2)36(28)33-24-19-14-9-4/h6-25H2,1-5H3. The van der Waals surface area contributed by atoms with E-state index in [1.165, 1.54) is 0 Å². The third-order valence-electron chi connectivity index (χ3n) is 5.66. The van der Waals surface area contributed by atoms with Gasteiger partial charge in [-0.05, 0) is 47.9 Å². The summed E-state index contributed by atoms with van der Waals surface area (Å²) in [5.41, 5.74) is 0. The number of nitrogens with zero attached hydrogens (tertiary/aromatic N) is 3. The van der Waals surface area contributed by atoms with Gasteiger partial charge in [0, 0.05) is 0 Å². The first kappa shape index (κ1) is 36.1. The van der Waals surface area contributed by atoms with E-state index in [0.29, 0.717) is 33.0 Å². The molecule has 0 aromatic rings. The molecule has 3 unspecified atom stereocenters. The number of rotatable bonds is 25. The Balaban J connectivity index is 3.26. The largest absolute Gasteiger partial charge is 0.328 e. The zero-order chi connectivity index (χ0) is 27.2. The lowest BCUT2D eigenvalue weighted by atomic mass is 10.3. The molecule has 0 fully saturated rings. The zero-order valence-electron chi connectivity index (χ0n) is 24.2. The molecule has 1 aliphatic rings. The molecule has 222 valence electrons. The summed E-state index contributed by atoms with van der Waals surface area (Å²) in [6, 6.07) is 0. The molecule has 0 N–H and O–H groups in total. The van der Waals surface area contributed by atoms with Crippen molar-refractivity contribution in [2.45, 2.75) is 131 Å². The summed E-state index contributed by atoms with van der Waals surface area (Å²) in [7, 11) is -2.99. The normalized spacial score (nSPS) is 23.0. The highest BCUT2D eigenvalue weighted by Crippen LogP contribution is 2.81. The Morgan fingerprint density at radius 2 is 1.05 bits per heavy atom. The summed E-state index contributed by atoms with van der Waals surface area (Å²) < 4.78 is 27.8. The van der Waals surface area contributed by atoms with Gasteiger partial charge in [0.05, 0.1) is 33.0 Å². The predicted octanol–water partition coefficient (Wildman–Crippen LogP) is 11.1. The van der Waals surface area contributed by atoms with Gasteiger partial charge in [-0.3, -0.25) is 9.68 Å². The molecule has 0 aromatic carbocycles. The van der Waals surface area contributed by atoms with Crippen LogP contribution in [0.15, 0.2) is 4.52 Å². The fraction of sp³-hybridized carbons (Fsp3) is 1.00. The molecule has 0 saturated heterocycles. The minimum Gasteiger partial charge on any atom is -0.328 e. The van der Waals surface area contributed by atoms with Crippen molar-refractivity contribution < 1.29 is 23.2 Å². The average Bonchev–Trinajstić information content (AvgIpc) is 2.89. The molecule has 12 heteroatoms. The SMILES string of the molecule is CCCCCON1P(OCCCCC)N=P(Cl)(OCCCCC)N(OCCCCC)P1OCCCCC. The maximum absolute atomic E-state index is 7.26. The summed E-state index contributed by atoms with van der Waals surface area (Å²) in [5.74, 6) is 0. The molecular formula is C25H55ClN3O5P3. The minimum absolute atomic E-state index is 0.540. The Bertz CT molecular complexity index is 598. The van der Waals surface area contributed by atoms with E-state index in [4.69, 9.17) is 39.0 Å². The first-order valence-corrected chi connectivity index (χ1v) is 19.6. The molecule has 1 rings (SSSR count). The molecule has 0 radical (unpaired) electrons. The van der Waals surface area contributed by atoms with Gasteiger partial charge >= 0.3 is 0 Å². The molecule has 0 saturated carbocycles. The molecule has 0 amide bonds. The van der Waals surface area contributed by atoms with E-state index in [1.807, 2.05) is 4.60 Å². The van der Waals surface area contributed by atoms with Crippen LogP contribution >= 0.6 is 34.9 Å². The van der Waals surface area contributed by atoms with Crippen LogP contribution in [-0.4, -0.2) is 42.2 Å². The van der Waals surface area contributed by atoms with Gasteiger partial charge < -0.3 is 13.6 Å². The van der Waals surface area contributed by atoms with Crippen LogP contribution in [-0.2, 0) is 23.2 Å². The molecule has 8 nitrogen and oxygen atoms in total. The van der Waals surface area contributed by atoms with E-state index < -0.39 is 23.7 Å². The van der Waals surface area contributed by atoms with Crippen molar-refractivity contribution in [2.24, 2.45) is 4.52 Å². The fourth-order valence-corrected chi connectivity index (χ4v) is 11.9. The second-order valence-electron chi connectivity index (χ2n) is 9.27. The van der Waals surface area contributed by atoms with Crippen molar-refractivity contribution in [3.05, 3.63) is 0 Å². The van der Waals surface area contributed by atoms with Crippen LogP contribution in [0.4, 0.5) is 0 Å². The average molecular weight is 606 g/mol. The summed E-state index contributed by atoms with van der Waals surface area (Å²) in [5, 5.41) is 0. The molecule has 37 heavy (non-hydrogen) atoms. The van der Waals surface area contributed by atoms with Gasteiger partial charge in [0.25, 0.3) is 23.7 Å². The topological polar surface area (TPSA) is 65.0 Å². The maximum atomic E-state index is 7.26. The predicted molar refractivity (Wildman–Crippen MR) is 160 cm³/mol. The van der Waals surface area contributed by atoms with Crippen LogP contribution in [0, 0.1) is 0 Å². The van der Waals surface area contributed by atoms with Gasteiger partial charge in [0.15, 0.2) is 0 Å². The number of halogens is 1. The van der Waals surface area contributed by atoms with Crippen LogP contribution in [0.25, 0.3) is 0 Å². The Labute approximate surface area is 235 Å². The fourth-order valence-electron chi connectivity index (χ4n) is 3.38. The van der Waals surface area contributed by atoms with Crippen molar-refractivity contribution in [1.29, 1.82) is 0 Å². The van der Waals surface area contributed by atoms with Gasteiger partial charge in [-0.25, -0.2) is 0 Å². The van der Waals surface area contributed by atoms with E-state index in [9.17, 15) is 0 Å². The van der Waals surface area contributed by atoms with Crippen molar-refractivity contribution in [2.75, 3.05) is 33.0 Å². The number of hydrogen-bond acceptors (Lipinski definition) is 8. The monoisotopic (exact) mass is 605 g/mol. The van der Waals surface area contributed by atoms with Crippen LogP contribution in [0.2, 0.25) is 0 Å². The lowest BCUT2D eigenvalue weighted by molar-refractivity contribution is -0.0750. The Morgan fingerprint density at radius 1 is 0.595 bits per heavy atom. The lowest BCUT2D eigenvalue weighted by Gasteiger charge is -2.44. The van der Waals surface area contributed by atoms with Gasteiger partial charge in [0.2, 0.25) is 0 Å². The van der Waals surface area contributed by atoms with Crippen molar-refractivity contribution in [1.82, 2.24) is 9.21 Å². The van der Waals surface area contributed by atoms with Gasteiger partial charge in [-0.1, -0.05) is 103 Å². The lowest BCUT2D eigenvalue weighted by Crippen LogP contribution is -2.30. The summed E-state index contributed by atoms with van der Waals surface area (Å²) in [6.45, 7) is 10.9. The van der Waals surface area contributed by atoms with Crippen molar-refractivity contribution in [3.63, 3.8) is 0 Å². The highest BCUT2D eigenvalue weighted by molar-refractivity contribution is 7.94. The first-order valence-electron chi connectivity index (χ1n) is 14.8. The number of unbranched alkanes of at least 4 members (excludes halogenated alkanes) is 10. The summed E-state index contributed by atoms with van der Waals surface area (Å²) in [6.07, 6.45) is 15.9. The third-order valence-corrected chi connectivity index (χ3v) is 14.0. The highest BCUT2D eigenvalue weighted by atomic mass is 35.7. The molecule has 0 spiro atoms. The Kier molecular flexibility index (Phi) is 23.2. The molecule has 0 aliphatic carbocycles. The summed E-state index contributed by atoms with van der Waals surface area (Å²) >= 11 is 7.26. The van der Waals surface area contributed by atoms with Gasteiger partial charge in [-0.15, -0.1) is 0 Å². The van der Waals surface area contributed by atoms with Gasteiger partial charge in [-0.2, -0.15) is 4.52 Å². The minimum atomic E-state index is -2.97. The molecule has 3 atom stereocenters. The van der Waals surface area contributed by atoms with Crippen molar-refractivity contribution >= 4 is 34.9 Å². The Morgan fingerprint density at radius 3 is 1.59 bits per heavy atom. The smallest absolute Gasteiger partial charge is 0.283 e. The highest BCUT2D eigenvalue weighted by Gasteiger charge is 2.50. The van der Waals surface area contributed by atoms with E-state index >= 15 is 0 Å². The quantitative estimate of drug-likeness (QED) is 0.0757. The molecule has 1 aliphatic heterocycles. The van der Waals surface area contributed by atoms with Crippen LogP contribution in [0.1, 0.15) is 131 Å². The third kappa shape index (κ3) is 15.1. The van der Waals surface area contributed by atoms with Crippen LogP contribution in [0.3, 0.4) is 0 Å². The second kappa shape index (κ2) is 23.8. The molecule has 0 aromatic heterocycles. The zero-order valence-corrected chi connectivity index (χ0v) is 27.7. The summed E-state index contributed by atoms with van der Waals surface area (Å²) in [4.78, 5) is 12.7. The maximum Gasteiger partial charge on any atom is 0.283 e. The molecule has 0 bridgehead atoms. The van der Waals surface area contributed by atoms with E-state index in [2.05, 4.69) is 34.6 Å². The first-order chi connectivity index (χ1) is 18.1. The van der Waals surface area contributed by atoms with Crippen LogP contribution in [0.5, 0.6) is 0 Å². The van der Waals surface area contributed by atoms with E-state index in [0.717, 1.165) is 96.3 Å².